The van der Waals surface area contributed by atoms with Crippen molar-refractivity contribution in [2.45, 2.75) is 19.9 Å². The molecule has 2 amide bonds. The highest BCUT2D eigenvalue weighted by Crippen LogP contribution is 2.17. The summed E-state index contributed by atoms with van der Waals surface area (Å²) in [4.78, 5) is 25.6. The van der Waals surface area contributed by atoms with Crippen LogP contribution in [0.2, 0.25) is 0 Å². The zero-order valence-corrected chi connectivity index (χ0v) is 11.4. The number of aromatic nitrogens is 2. The maximum absolute atomic E-state index is 12.6. The first kappa shape index (κ1) is 13.5. The molecule has 7 nitrogen and oxygen atoms in total. The van der Waals surface area contributed by atoms with Crippen LogP contribution in [0.3, 0.4) is 0 Å². The first-order valence-corrected chi connectivity index (χ1v) is 6.24. The normalized spacial score (nSPS) is 19.5. The molecule has 2 rings (SSSR count). The third-order valence-electron chi connectivity index (χ3n) is 3.56. The number of carbonyl (C=O) groups excluding carboxylic acids is 2. The molecule has 2 heterocycles. The summed E-state index contributed by atoms with van der Waals surface area (Å²) in [5.41, 5.74) is 7.40. The minimum absolute atomic E-state index is 0.173. The molecular formula is C12H19N5O2. The number of hydrogen-bond acceptors (Lipinski definition) is 4. The molecule has 1 saturated heterocycles. The first-order valence-electron chi connectivity index (χ1n) is 6.24. The van der Waals surface area contributed by atoms with Gasteiger partial charge in [-0.3, -0.25) is 14.3 Å². The van der Waals surface area contributed by atoms with Crippen molar-refractivity contribution >= 4 is 11.8 Å². The van der Waals surface area contributed by atoms with Crippen molar-refractivity contribution in [1.82, 2.24) is 20.0 Å². The first-order chi connectivity index (χ1) is 8.93. The quantitative estimate of drug-likeness (QED) is 0.712. The maximum Gasteiger partial charge on any atom is 0.258 e. The molecule has 1 unspecified atom stereocenters. The Bertz CT molecular complexity index is 522. The minimum atomic E-state index is -0.597. The van der Waals surface area contributed by atoms with Gasteiger partial charge in [-0.1, -0.05) is 0 Å². The lowest BCUT2D eigenvalue weighted by molar-refractivity contribution is -0.122. The van der Waals surface area contributed by atoms with Gasteiger partial charge in [0.1, 0.15) is 6.04 Å². The lowest BCUT2D eigenvalue weighted by Crippen LogP contribution is -2.58. The summed E-state index contributed by atoms with van der Waals surface area (Å²) in [6.07, 6.45) is 0. The van der Waals surface area contributed by atoms with Gasteiger partial charge in [0, 0.05) is 32.4 Å². The van der Waals surface area contributed by atoms with Crippen LogP contribution < -0.4 is 11.1 Å². The number of rotatable bonds is 2. The molecule has 7 heteroatoms. The highest BCUT2D eigenvalue weighted by atomic mass is 16.2. The molecule has 1 aromatic rings. The van der Waals surface area contributed by atoms with Crippen LogP contribution in [-0.2, 0) is 11.8 Å². The number of amides is 2. The SMILES string of the molecule is Cc1nn(C)c(C)c1C(=O)N1CCNCC1C(N)=O. The monoisotopic (exact) mass is 265 g/mol. The fourth-order valence-corrected chi connectivity index (χ4v) is 2.43. The lowest BCUT2D eigenvalue weighted by Gasteiger charge is -2.34. The standard InChI is InChI=1S/C12H19N5O2/c1-7-10(8(2)16(3)15-7)12(19)17-5-4-14-6-9(17)11(13)18/h9,14H,4-6H2,1-3H3,(H2,13,18). The van der Waals surface area contributed by atoms with Gasteiger partial charge < -0.3 is 16.0 Å². The summed E-state index contributed by atoms with van der Waals surface area (Å²) in [5.74, 6) is -0.659. The maximum atomic E-state index is 12.6. The molecular weight excluding hydrogens is 246 g/mol. The number of primary amides is 1. The van der Waals surface area contributed by atoms with Crippen LogP contribution in [0.25, 0.3) is 0 Å². The smallest absolute Gasteiger partial charge is 0.258 e. The Morgan fingerprint density at radius 3 is 2.63 bits per heavy atom. The molecule has 1 atom stereocenters. The van der Waals surface area contributed by atoms with Gasteiger partial charge in [-0.25, -0.2) is 0 Å². The number of nitrogens with two attached hydrogens (primary N) is 1. The Labute approximate surface area is 111 Å². The summed E-state index contributed by atoms with van der Waals surface area (Å²) < 4.78 is 1.67. The number of nitrogens with one attached hydrogen (secondary N) is 1. The van der Waals surface area contributed by atoms with E-state index in [1.807, 2.05) is 6.92 Å². The van der Waals surface area contributed by atoms with Gasteiger partial charge in [0.15, 0.2) is 0 Å². The molecule has 3 N–H and O–H groups in total. The van der Waals surface area contributed by atoms with E-state index in [0.29, 0.717) is 30.9 Å². The lowest BCUT2D eigenvalue weighted by atomic mass is 10.1. The van der Waals surface area contributed by atoms with Crippen LogP contribution in [0.15, 0.2) is 0 Å². The van der Waals surface area contributed by atoms with E-state index in [-0.39, 0.29) is 5.91 Å². The number of hydrogen-bond donors (Lipinski definition) is 2. The molecule has 0 aromatic carbocycles. The molecule has 0 radical (unpaired) electrons. The van der Waals surface area contributed by atoms with E-state index >= 15 is 0 Å². The fourth-order valence-electron chi connectivity index (χ4n) is 2.43. The molecule has 0 aliphatic carbocycles. The van der Waals surface area contributed by atoms with E-state index in [1.165, 1.54) is 4.90 Å². The Hall–Kier alpha value is -1.89. The average Bonchev–Trinajstić information content (AvgIpc) is 2.62. The van der Waals surface area contributed by atoms with E-state index in [4.69, 9.17) is 5.73 Å². The van der Waals surface area contributed by atoms with Crippen LogP contribution in [-0.4, -0.2) is 52.2 Å². The Kier molecular flexibility index (Phi) is 3.57. The van der Waals surface area contributed by atoms with Crippen LogP contribution >= 0.6 is 0 Å². The molecule has 1 aliphatic rings. The third kappa shape index (κ3) is 2.33. The highest BCUT2D eigenvalue weighted by Gasteiger charge is 2.33. The summed E-state index contributed by atoms with van der Waals surface area (Å²) in [5, 5.41) is 7.31. The van der Waals surface area contributed by atoms with Gasteiger partial charge in [0.2, 0.25) is 5.91 Å². The zero-order valence-electron chi connectivity index (χ0n) is 11.4. The van der Waals surface area contributed by atoms with Gasteiger partial charge in [-0.05, 0) is 13.8 Å². The topological polar surface area (TPSA) is 93.2 Å². The highest BCUT2D eigenvalue weighted by molar-refractivity contribution is 5.99. The molecule has 1 fully saturated rings. The molecule has 0 saturated carbocycles. The largest absolute Gasteiger partial charge is 0.368 e. The predicted octanol–water partition coefficient (Wildman–Crippen LogP) is -1.06. The van der Waals surface area contributed by atoms with Crippen molar-refractivity contribution in [1.29, 1.82) is 0 Å². The number of carbonyl (C=O) groups is 2. The molecule has 0 bridgehead atoms. The Morgan fingerprint density at radius 1 is 1.42 bits per heavy atom. The van der Waals surface area contributed by atoms with Crippen molar-refractivity contribution in [2.75, 3.05) is 19.6 Å². The van der Waals surface area contributed by atoms with Crippen molar-refractivity contribution in [3.05, 3.63) is 17.0 Å². The van der Waals surface area contributed by atoms with E-state index in [0.717, 1.165) is 5.69 Å². The molecule has 0 spiro atoms. The molecule has 19 heavy (non-hydrogen) atoms. The summed E-state index contributed by atoms with van der Waals surface area (Å²) in [6, 6.07) is -0.597. The average molecular weight is 265 g/mol. The van der Waals surface area contributed by atoms with Crippen molar-refractivity contribution in [2.24, 2.45) is 12.8 Å². The van der Waals surface area contributed by atoms with Crippen molar-refractivity contribution in [3.8, 4) is 0 Å². The van der Waals surface area contributed by atoms with Crippen LogP contribution in [0.4, 0.5) is 0 Å². The van der Waals surface area contributed by atoms with E-state index in [1.54, 1.807) is 18.7 Å². The van der Waals surface area contributed by atoms with Crippen LogP contribution in [0.5, 0.6) is 0 Å². The van der Waals surface area contributed by atoms with Gasteiger partial charge in [0.05, 0.1) is 11.3 Å². The van der Waals surface area contributed by atoms with Gasteiger partial charge in [-0.2, -0.15) is 5.10 Å². The Balaban J connectivity index is 2.34. The number of aryl methyl sites for hydroxylation is 2. The summed E-state index contributed by atoms with van der Waals surface area (Å²) >= 11 is 0. The second kappa shape index (κ2) is 5.00. The minimum Gasteiger partial charge on any atom is -0.368 e. The Morgan fingerprint density at radius 2 is 2.11 bits per heavy atom. The zero-order chi connectivity index (χ0) is 14.2. The second-order valence-electron chi connectivity index (χ2n) is 4.79. The van der Waals surface area contributed by atoms with Crippen molar-refractivity contribution < 1.29 is 9.59 Å². The third-order valence-corrected chi connectivity index (χ3v) is 3.56. The van der Waals surface area contributed by atoms with Gasteiger partial charge in [0.25, 0.3) is 5.91 Å². The van der Waals surface area contributed by atoms with Gasteiger partial charge >= 0.3 is 0 Å². The van der Waals surface area contributed by atoms with E-state index in [9.17, 15) is 9.59 Å². The predicted molar refractivity (Wildman–Crippen MR) is 69.6 cm³/mol. The summed E-state index contributed by atoms with van der Waals surface area (Å²) in [7, 11) is 1.79. The number of nitrogens with zero attached hydrogens (tertiary/aromatic N) is 3. The van der Waals surface area contributed by atoms with E-state index in [2.05, 4.69) is 10.4 Å². The van der Waals surface area contributed by atoms with Crippen LogP contribution in [0, 0.1) is 13.8 Å². The van der Waals surface area contributed by atoms with Gasteiger partial charge in [-0.15, -0.1) is 0 Å². The van der Waals surface area contributed by atoms with E-state index < -0.39 is 11.9 Å². The summed E-state index contributed by atoms with van der Waals surface area (Å²) in [6.45, 7) is 5.17. The molecule has 104 valence electrons. The molecule has 1 aromatic heterocycles. The number of piperazine rings is 1. The fraction of sp³-hybridized carbons (Fsp3) is 0.583. The molecule has 1 aliphatic heterocycles. The van der Waals surface area contributed by atoms with Crippen LogP contribution in [0.1, 0.15) is 21.7 Å². The second-order valence-corrected chi connectivity index (χ2v) is 4.79. The van der Waals surface area contributed by atoms with Crippen molar-refractivity contribution in [3.63, 3.8) is 0 Å².